The Morgan fingerprint density at radius 2 is 1.75 bits per heavy atom. The molecule has 4 amide bonds. The number of carbonyl (C=O) groups is 4. The van der Waals surface area contributed by atoms with Crippen LogP contribution in [0.1, 0.15) is 36.1 Å². The molecule has 2 atom stereocenters. The maximum atomic E-state index is 13.3. The van der Waals surface area contributed by atoms with E-state index in [0.29, 0.717) is 11.1 Å². The largest absolute Gasteiger partial charge is 0.469 e. The maximum Gasteiger partial charge on any atom is 0.325 e. The number of imide groups is 1. The predicted molar refractivity (Wildman–Crippen MR) is 113 cm³/mol. The summed E-state index contributed by atoms with van der Waals surface area (Å²) in [6.45, 7) is 2.86. The van der Waals surface area contributed by atoms with Gasteiger partial charge in [0.1, 0.15) is 17.9 Å². The Morgan fingerprint density at radius 1 is 1.12 bits per heavy atom. The highest BCUT2D eigenvalue weighted by Crippen LogP contribution is 2.29. The maximum absolute atomic E-state index is 13.3. The number of methoxy groups -OCH3 is 1. The van der Waals surface area contributed by atoms with Gasteiger partial charge in [-0.25, -0.2) is 9.18 Å². The summed E-state index contributed by atoms with van der Waals surface area (Å²) >= 11 is 0. The first-order chi connectivity index (χ1) is 15.1. The molecule has 168 valence electrons. The number of hydrogen-bond acceptors (Lipinski definition) is 5. The van der Waals surface area contributed by atoms with Gasteiger partial charge >= 0.3 is 12.0 Å². The van der Waals surface area contributed by atoms with Gasteiger partial charge in [0.15, 0.2) is 0 Å². The molecule has 9 heteroatoms. The zero-order chi connectivity index (χ0) is 23.5. The quantitative estimate of drug-likeness (QED) is 0.507. The van der Waals surface area contributed by atoms with Crippen molar-refractivity contribution < 1.29 is 28.3 Å². The Morgan fingerprint density at radius 3 is 2.34 bits per heavy atom. The minimum absolute atomic E-state index is 0.112. The summed E-state index contributed by atoms with van der Waals surface area (Å²) in [7, 11) is 1.25. The lowest BCUT2D eigenvalue weighted by molar-refractivity contribution is -0.141. The molecule has 0 aliphatic carbocycles. The second-order valence-electron chi connectivity index (χ2n) is 7.76. The van der Waals surface area contributed by atoms with E-state index >= 15 is 0 Å². The highest BCUT2D eigenvalue weighted by molar-refractivity contribution is 6.09. The van der Waals surface area contributed by atoms with Gasteiger partial charge in [-0.15, -0.1) is 0 Å². The minimum Gasteiger partial charge on any atom is -0.469 e. The summed E-state index contributed by atoms with van der Waals surface area (Å²) < 4.78 is 18.0. The van der Waals surface area contributed by atoms with E-state index in [1.165, 1.54) is 38.3 Å². The van der Waals surface area contributed by atoms with Crippen LogP contribution in [0.3, 0.4) is 0 Å². The number of amides is 4. The Balaban J connectivity index is 1.75. The standard InChI is InChI=1S/C23H24FN3O5/c1-14-4-6-15(7-5-14)18(12-20(29)32-3)25-19(28)13-27-21(30)23(2,26-22(27)31)16-8-10-17(24)11-9-16/h4-11,18H,12-13H2,1-3H3,(H,25,28)(H,26,31). The number of aryl methyl sites for hydroxylation is 1. The van der Waals surface area contributed by atoms with Crippen LogP contribution in [0, 0.1) is 12.7 Å². The molecule has 1 aliphatic heterocycles. The number of hydrogen-bond donors (Lipinski definition) is 2. The van der Waals surface area contributed by atoms with Gasteiger partial charge in [-0.3, -0.25) is 19.3 Å². The smallest absolute Gasteiger partial charge is 0.325 e. The zero-order valence-corrected chi connectivity index (χ0v) is 18.0. The number of urea groups is 1. The first-order valence-corrected chi connectivity index (χ1v) is 9.97. The lowest BCUT2D eigenvalue weighted by Crippen LogP contribution is -2.44. The molecule has 32 heavy (non-hydrogen) atoms. The van der Waals surface area contributed by atoms with Crippen LogP contribution in [0.25, 0.3) is 0 Å². The van der Waals surface area contributed by atoms with E-state index in [1.807, 2.05) is 19.1 Å². The number of rotatable bonds is 7. The lowest BCUT2D eigenvalue weighted by Gasteiger charge is -2.23. The average Bonchev–Trinajstić information content (AvgIpc) is 2.98. The van der Waals surface area contributed by atoms with Crippen LogP contribution in [0.2, 0.25) is 0 Å². The molecule has 0 spiro atoms. The van der Waals surface area contributed by atoms with Crippen LogP contribution in [-0.2, 0) is 24.7 Å². The Hall–Kier alpha value is -3.75. The van der Waals surface area contributed by atoms with Gasteiger partial charge in [0.05, 0.1) is 19.6 Å². The molecule has 2 aromatic carbocycles. The number of benzene rings is 2. The van der Waals surface area contributed by atoms with E-state index < -0.39 is 47.8 Å². The van der Waals surface area contributed by atoms with Gasteiger partial charge < -0.3 is 15.4 Å². The van der Waals surface area contributed by atoms with Gasteiger partial charge in [-0.1, -0.05) is 42.0 Å². The van der Waals surface area contributed by atoms with Crippen LogP contribution in [0.15, 0.2) is 48.5 Å². The monoisotopic (exact) mass is 441 g/mol. The van der Waals surface area contributed by atoms with Crippen molar-refractivity contribution >= 4 is 23.8 Å². The summed E-state index contributed by atoms with van der Waals surface area (Å²) in [5, 5.41) is 5.26. The number of nitrogens with zero attached hydrogens (tertiary/aromatic N) is 1. The number of esters is 1. The molecular weight excluding hydrogens is 417 g/mol. The van der Waals surface area contributed by atoms with Crippen molar-refractivity contribution in [1.29, 1.82) is 0 Å². The van der Waals surface area contributed by atoms with Crippen molar-refractivity contribution in [2.24, 2.45) is 0 Å². The van der Waals surface area contributed by atoms with Crippen molar-refractivity contribution in [1.82, 2.24) is 15.5 Å². The van der Waals surface area contributed by atoms with Crippen LogP contribution >= 0.6 is 0 Å². The molecule has 1 fully saturated rings. The number of halogens is 1. The molecule has 2 unspecified atom stereocenters. The molecule has 0 aromatic heterocycles. The summed E-state index contributed by atoms with van der Waals surface area (Å²) in [5.41, 5.74) is 0.662. The third-order valence-electron chi connectivity index (χ3n) is 5.41. The summed E-state index contributed by atoms with van der Waals surface area (Å²) in [6.07, 6.45) is -0.112. The van der Waals surface area contributed by atoms with E-state index in [-0.39, 0.29) is 6.42 Å². The van der Waals surface area contributed by atoms with Crippen molar-refractivity contribution in [2.45, 2.75) is 31.8 Å². The summed E-state index contributed by atoms with van der Waals surface area (Å²) in [6, 6.07) is 11.0. The Labute approximate surface area is 184 Å². The molecular formula is C23H24FN3O5. The van der Waals surface area contributed by atoms with Crippen LogP contribution in [0.5, 0.6) is 0 Å². The molecule has 0 radical (unpaired) electrons. The topological polar surface area (TPSA) is 105 Å². The Kier molecular flexibility index (Phi) is 6.57. The van der Waals surface area contributed by atoms with E-state index in [1.54, 1.807) is 12.1 Å². The molecule has 2 N–H and O–H groups in total. The molecule has 0 bridgehead atoms. The summed E-state index contributed by atoms with van der Waals surface area (Å²) in [4.78, 5) is 50.8. The van der Waals surface area contributed by atoms with E-state index in [9.17, 15) is 23.6 Å². The van der Waals surface area contributed by atoms with E-state index in [2.05, 4.69) is 10.6 Å². The van der Waals surface area contributed by atoms with Crippen molar-refractivity contribution in [3.8, 4) is 0 Å². The van der Waals surface area contributed by atoms with Gasteiger partial charge in [0.2, 0.25) is 5.91 Å². The number of nitrogens with one attached hydrogen (secondary N) is 2. The van der Waals surface area contributed by atoms with E-state index in [4.69, 9.17) is 4.74 Å². The van der Waals surface area contributed by atoms with Crippen molar-refractivity contribution in [3.63, 3.8) is 0 Å². The number of ether oxygens (including phenoxy) is 1. The van der Waals surface area contributed by atoms with E-state index in [0.717, 1.165) is 10.5 Å². The van der Waals surface area contributed by atoms with Crippen LogP contribution in [0.4, 0.5) is 9.18 Å². The molecule has 0 saturated carbocycles. The highest BCUT2D eigenvalue weighted by atomic mass is 19.1. The second kappa shape index (κ2) is 9.17. The molecule has 1 aliphatic rings. The summed E-state index contributed by atoms with van der Waals surface area (Å²) in [5.74, 6) is -2.25. The van der Waals surface area contributed by atoms with Crippen molar-refractivity contribution in [2.75, 3.05) is 13.7 Å². The first-order valence-electron chi connectivity index (χ1n) is 9.97. The molecule has 1 heterocycles. The fraction of sp³-hybridized carbons (Fsp3) is 0.304. The Bertz CT molecular complexity index is 1040. The number of carbonyl (C=O) groups excluding carboxylic acids is 4. The predicted octanol–water partition coefficient (Wildman–Crippen LogP) is 2.32. The molecule has 1 saturated heterocycles. The zero-order valence-electron chi connectivity index (χ0n) is 18.0. The molecule has 2 aromatic rings. The third kappa shape index (κ3) is 4.77. The van der Waals surface area contributed by atoms with Gasteiger partial charge in [-0.05, 0) is 37.1 Å². The minimum atomic E-state index is -1.42. The average molecular weight is 441 g/mol. The third-order valence-corrected chi connectivity index (χ3v) is 5.41. The van der Waals surface area contributed by atoms with Gasteiger partial charge in [0, 0.05) is 0 Å². The molecule has 3 rings (SSSR count). The first kappa shape index (κ1) is 22.9. The molecule has 8 nitrogen and oxygen atoms in total. The normalized spacial score (nSPS) is 18.8. The lowest BCUT2D eigenvalue weighted by atomic mass is 9.92. The fourth-order valence-corrected chi connectivity index (χ4v) is 3.50. The van der Waals surface area contributed by atoms with Gasteiger partial charge in [0.25, 0.3) is 5.91 Å². The van der Waals surface area contributed by atoms with Crippen LogP contribution in [-0.4, -0.2) is 42.4 Å². The second-order valence-corrected chi connectivity index (χ2v) is 7.76. The SMILES string of the molecule is COC(=O)CC(NC(=O)CN1C(=O)NC(C)(c2ccc(F)cc2)C1=O)c1ccc(C)cc1. The van der Waals surface area contributed by atoms with Crippen LogP contribution < -0.4 is 10.6 Å². The van der Waals surface area contributed by atoms with Gasteiger partial charge in [-0.2, -0.15) is 0 Å². The van der Waals surface area contributed by atoms with Crippen molar-refractivity contribution in [3.05, 3.63) is 71.0 Å². The fourth-order valence-electron chi connectivity index (χ4n) is 3.50. The highest BCUT2D eigenvalue weighted by Gasteiger charge is 2.49.